The quantitative estimate of drug-likeness (QED) is 0.0262. The number of nitrogens with zero attached hydrogens (tertiary/aromatic N) is 6. The molecule has 12 aromatic rings. The van der Waals surface area contributed by atoms with Crippen molar-refractivity contribution in [1.29, 1.82) is 0 Å². The van der Waals surface area contributed by atoms with E-state index in [1.54, 1.807) is 164 Å². The summed E-state index contributed by atoms with van der Waals surface area (Å²) >= 11 is 0. The maximum atomic E-state index is 21.6. The minimum absolute atomic E-state index is 0.0684. The van der Waals surface area contributed by atoms with Gasteiger partial charge >= 0.3 is 638 Å². The Balaban J connectivity index is 1.49. The minimum atomic E-state index is -6.67. The molecule has 12 aromatic carbocycles. The molecule has 0 aliphatic heterocycles. The maximum absolute atomic E-state index is 21.6. The van der Waals surface area contributed by atoms with Gasteiger partial charge in [-0.25, -0.2) is 0 Å². The first-order valence-electron chi connectivity index (χ1n) is 35.0. The topological polar surface area (TPSA) is 304 Å². The van der Waals surface area contributed by atoms with Crippen LogP contribution in [0.2, 0.25) is 0 Å². The molecule has 560 valence electrons. The molecule has 26 heteroatoms. The van der Waals surface area contributed by atoms with Crippen molar-refractivity contribution >= 4 is 110 Å². The summed E-state index contributed by atoms with van der Waals surface area (Å²) in [5.74, 6) is 0. The average Bonchev–Trinajstić information content (AvgIpc) is 0.656. The molecule has 12 rings (SSSR count). The van der Waals surface area contributed by atoms with Gasteiger partial charge < -0.3 is 0 Å². The Bertz CT molecular complexity index is 4840. The normalized spacial score (nSPS) is 13.4. The van der Waals surface area contributed by atoms with Gasteiger partial charge in [-0.1, -0.05) is 0 Å². The van der Waals surface area contributed by atoms with Crippen LogP contribution in [0.3, 0.4) is 0 Å². The van der Waals surface area contributed by atoms with Crippen molar-refractivity contribution in [2.45, 2.75) is 80.8 Å². The van der Waals surface area contributed by atoms with E-state index in [2.05, 4.69) is 0 Å². The SMILES string of the molecule is Cc1ccccc1P(Cc1cc([N+](=O)[O-])cc([N+](=O)[O-])c1)(OP(=O)(OP(Cc1cc([N+](=O)[O-])cc([N+](=O)[O-])c1)(c1ccccc1C)(c1ccccc1C)c1ccccc1C)OP(Cc1cc([N+](=O)[O-])cc([N+](=O)[O-])c1)(c1ccccc1C)(c1ccccc1C)c1ccccc1C)(c1ccccc1C)c1ccccc1C. The monoisotopic (exact) mass is 1550 g/mol. The van der Waals surface area contributed by atoms with Gasteiger partial charge in [-0.15, -0.1) is 0 Å². The van der Waals surface area contributed by atoms with Gasteiger partial charge in [0.25, 0.3) is 0 Å². The third-order valence-corrected chi connectivity index (χ3v) is 44.4. The van der Waals surface area contributed by atoms with Crippen molar-refractivity contribution in [3.05, 3.63) is 400 Å². The van der Waals surface area contributed by atoms with Crippen LogP contribution in [0, 0.1) is 123 Å². The molecular formula is C84H78N6O16P4. The van der Waals surface area contributed by atoms with Crippen molar-refractivity contribution in [2.24, 2.45) is 0 Å². The molecule has 0 amide bonds. The predicted octanol–water partition coefficient (Wildman–Crippen LogP) is 18.3. The van der Waals surface area contributed by atoms with Crippen LogP contribution >= 0.6 is 28.3 Å². The summed E-state index contributed by atoms with van der Waals surface area (Å²) in [5, 5.41) is 84.4. The third kappa shape index (κ3) is 13.2. The first-order valence-corrected chi connectivity index (χ1v) is 43.5. The number of nitro benzene ring substituents is 6. The molecule has 0 atom stereocenters. The fraction of sp³-hybridized carbons (Fsp3) is 0.143. The van der Waals surface area contributed by atoms with E-state index in [-0.39, 0.29) is 16.7 Å². The second-order valence-corrected chi connectivity index (χ2v) is 43.4. The summed E-state index contributed by atoms with van der Waals surface area (Å²) in [6.07, 6.45) is -1.91. The number of aryl methyl sites for hydroxylation is 9. The van der Waals surface area contributed by atoms with E-state index in [9.17, 15) is 73.6 Å². The summed E-state index contributed by atoms with van der Waals surface area (Å²) in [4.78, 5) is 77.1. The van der Waals surface area contributed by atoms with Crippen LogP contribution < -0.4 is 47.7 Å². The van der Waals surface area contributed by atoms with Crippen LogP contribution in [0.5, 0.6) is 0 Å². The van der Waals surface area contributed by atoms with E-state index >= 15 is 4.57 Å². The first kappa shape index (κ1) is 78.0. The Hall–Kier alpha value is -11.6. The van der Waals surface area contributed by atoms with E-state index in [1.165, 1.54) is 36.4 Å². The van der Waals surface area contributed by atoms with Gasteiger partial charge in [-0.3, -0.25) is 0 Å². The summed E-state index contributed by atoms with van der Waals surface area (Å²) in [6, 6.07) is 74.0. The molecule has 0 aromatic heterocycles. The fourth-order valence-electron chi connectivity index (χ4n) is 16.9. The van der Waals surface area contributed by atoms with Crippen LogP contribution in [0.1, 0.15) is 66.8 Å². The van der Waals surface area contributed by atoms with Gasteiger partial charge in [0.1, 0.15) is 0 Å². The predicted molar refractivity (Wildman–Crippen MR) is 439 cm³/mol. The molecule has 0 aliphatic rings. The number of benzene rings is 12. The number of nitro groups is 6. The van der Waals surface area contributed by atoms with Crippen LogP contribution in [0.25, 0.3) is 0 Å². The van der Waals surface area contributed by atoms with Crippen molar-refractivity contribution in [1.82, 2.24) is 0 Å². The zero-order chi connectivity index (χ0) is 79.0. The Labute approximate surface area is 635 Å². The van der Waals surface area contributed by atoms with Gasteiger partial charge in [0.05, 0.1) is 0 Å². The van der Waals surface area contributed by atoms with Gasteiger partial charge in [0.15, 0.2) is 0 Å². The Morgan fingerprint density at radius 3 is 0.482 bits per heavy atom. The van der Waals surface area contributed by atoms with Gasteiger partial charge in [-0.05, 0) is 0 Å². The van der Waals surface area contributed by atoms with Crippen LogP contribution in [-0.4, -0.2) is 29.5 Å². The zero-order valence-electron chi connectivity index (χ0n) is 61.6. The van der Waals surface area contributed by atoms with E-state index in [0.717, 1.165) is 18.2 Å². The van der Waals surface area contributed by atoms with Crippen molar-refractivity contribution in [2.75, 3.05) is 0 Å². The fourth-order valence-corrected chi connectivity index (χ4v) is 44.7. The molecule has 0 unspecified atom stereocenters. The molecule has 0 bridgehead atoms. The summed E-state index contributed by atoms with van der Waals surface area (Å²) < 4.78 is 49.3. The van der Waals surface area contributed by atoms with Crippen molar-refractivity contribution in [3.8, 4) is 0 Å². The second-order valence-electron chi connectivity index (χ2n) is 28.0. The molecule has 0 N–H and O–H groups in total. The molecule has 0 spiro atoms. The average molecular weight is 1550 g/mol. The second kappa shape index (κ2) is 29.8. The zero-order valence-corrected chi connectivity index (χ0v) is 65.2. The Morgan fingerprint density at radius 2 is 0.364 bits per heavy atom. The number of non-ortho nitro benzene ring substituents is 6. The van der Waals surface area contributed by atoms with Crippen LogP contribution in [0.4, 0.5) is 34.1 Å². The molecule has 0 aliphatic carbocycles. The summed E-state index contributed by atoms with van der Waals surface area (Å²) in [5.41, 5.74) is -0.0989. The van der Waals surface area contributed by atoms with E-state index in [1.807, 2.05) is 117 Å². The van der Waals surface area contributed by atoms with Crippen molar-refractivity contribution in [3.63, 3.8) is 0 Å². The van der Waals surface area contributed by atoms with Crippen LogP contribution in [-0.2, 0) is 36.0 Å². The van der Waals surface area contributed by atoms with Gasteiger partial charge in [0.2, 0.25) is 0 Å². The summed E-state index contributed by atoms with van der Waals surface area (Å²) in [6.45, 7) is -2.32. The van der Waals surface area contributed by atoms with Gasteiger partial charge in [0, 0.05) is 0 Å². The first-order chi connectivity index (χ1) is 52.3. The number of rotatable bonds is 27. The van der Waals surface area contributed by atoms with Crippen molar-refractivity contribution < 1.29 is 47.0 Å². The number of hydrogen-bond acceptors (Lipinski definition) is 16. The molecule has 0 heterocycles. The molecule has 22 nitrogen and oxygen atoms in total. The number of phosphoric acid groups is 1. The molecular weight excluding hydrogens is 1470 g/mol. The Morgan fingerprint density at radius 1 is 0.236 bits per heavy atom. The number of hydrogen-bond donors (Lipinski definition) is 0. The molecule has 110 heavy (non-hydrogen) atoms. The van der Waals surface area contributed by atoms with E-state index in [0.29, 0.717) is 97.8 Å². The third-order valence-electron chi connectivity index (χ3n) is 21.1. The molecule has 0 saturated heterocycles. The molecule has 0 saturated carbocycles. The standard InChI is InChI=1S/C84H78N6O16P4/c1-58-28-10-19-37-76(58)108(77-38-20-11-29-59(77)2,78-39-21-12-30-60(78)3,55-67-46-70(85(91)92)52-71(47-67)86(93)94)104-107(103,105-109(79-40-22-13-31-61(79)4,80-41-23-14-32-62(80)5,81-42-24-15-33-63(81)6)56-68-48-72(87(95)96)53-73(49-68)88(97)98)106-110(82-43-25-16-34-64(82)7,83-44-26-17-35-65(83)8,84-45-27-18-36-66(84)9)57-69-50-74(89(99)100)54-75(51-69)90(101)102/h10-54H,55-57H2,1-9H3. The molecule has 0 fully saturated rings. The van der Waals surface area contributed by atoms with Crippen LogP contribution in [0.15, 0.2) is 273 Å². The van der Waals surface area contributed by atoms with E-state index < -0.39 is 110 Å². The molecule has 0 radical (unpaired) electrons. The van der Waals surface area contributed by atoms with E-state index in [4.69, 9.17) is 0 Å². The summed E-state index contributed by atoms with van der Waals surface area (Å²) in [7, 11) is -6.67. The Kier molecular flexibility index (Phi) is 21.1. The van der Waals surface area contributed by atoms with Gasteiger partial charge in [-0.2, -0.15) is 0 Å².